The maximum absolute atomic E-state index is 12.3. The number of nitrogens with one attached hydrogen (secondary N) is 2. The van der Waals surface area contributed by atoms with Gasteiger partial charge in [-0.3, -0.25) is 4.79 Å². The quantitative estimate of drug-likeness (QED) is 0.806. The van der Waals surface area contributed by atoms with Gasteiger partial charge in [0.1, 0.15) is 5.75 Å². The van der Waals surface area contributed by atoms with Crippen LogP contribution in [0, 0.1) is 18.8 Å². The van der Waals surface area contributed by atoms with Crippen molar-refractivity contribution in [3.63, 3.8) is 0 Å². The highest BCUT2D eigenvalue weighted by Crippen LogP contribution is 2.25. The maximum Gasteiger partial charge on any atom is 0.224 e. The van der Waals surface area contributed by atoms with E-state index in [1.54, 1.807) is 0 Å². The second-order valence-corrected chi connectivity index (χ2v) is 6.98. The predicted molar refractivity (Wildman–Crippen MR) is 102 cm³/mol. The number of benzene rings is 1. The summed E-state index contributed by atoms with van der Waals surface area (Å²) in [5.74, 6) is 1.99. The molecule has 0 bridgehead atoms. The lowest BCUT2D eigenvalue weighted by atomic mass is 9.85. The van der Waals surface area contributed by atoms with Crippen LogP contribution < -0.4 is 15.4 Å². The van der Waals surface area contributed by atoms with E-state index in [1.165, 1.54) is 12.8 Å². The van der Waals surface area contributed by atoms with Gasteiger partial charge in [-0.15, -0.1) is 12.4 Å². The zero-order valence-electron chi connectivity index (χ0n) is 15.2. The third-order valence-electron chi connectivity index (χ3n) is 4.47. The molecular formula is C19H31ClN2O2. The van der Waals surface area contributed by atoms with Crippen molar-refractivity contribution in [1.82, 2.24) is 5.32 Å². The second-order valence-electron chi connectivity index (χ2n) is 6.98. The molecule has 1 aliphatic rings. The van der Waals surface area contributed by atoms with Crippen LogP contribution >= 0.6 is 12.4 Å². The number of carbonyl (C=O) groups excluding carboxylic acids is 1. The molecule has 24 heavy (non-hydrogen) atoms. The van der Waals surface area contributed by atoms with Gasteiger partial charge in [0.2, 0.25) is 5.91 Å². The molecule has 1 saturated heterocycles. The van der Waals surface area contributed by atoms with Crippen LogP contribution in [0.4, 0.5) is 5.69 Å². The van der Waals surface area contributed by atoms with Gasteiger partial charge < -0.3 is 15.4 Å². The van der Waals surface area contributed by atoms with Crippen LogP contribution in [0.15, 0.2) is 18.2 Å². The largest absolute Gasteiger partial charge is 0.491 e. The minimum absolute atomic E-state index is 0. The summed E-state index contributed by atoms with van der Waals surface area (Å²) < 4.78 is 5.73. The van der Waals surface area contributed by atoms with Gasteiger partial charge >= 0.3 is 0 Å². The normalized spacial score (nSPS) is 18.6. The number of halogens is 1. The summed E-state index contributed by atoms with van der Waals surface area (Å²) in [7, 11) is 0. The Kier molecular flexibility index (Phi) is 8.57. The van der Waals surface area contributed by atoms with Crippen molar-refractivity contribution >= 4 is 24.0 Å². The Morgan fingerprint density at radius 2 is 2.12 bits per heavy atom. The van der Waals surface area contributed by atoms with Gasteiger partial charge in [-0.25, -0.2) is 0 Å². The van der Waals surface area contributed by atoms with Crippen molar-refractivity contribution in [2.45, 2.75) is 53.1 Å². The fourth-order valence-electron chi connectivity index (χ4n) is 3.15. The van der Waals surface area contributed by atoms with Crippen LogP contribution in [0.1, 0.15) is 45.6 Å². The van der Waals surface area contributed by atoms with Gasteiger partial charge in [-0.1, -0.05) is 6.92 Å². The number of ether oxygens (including phenoxy) is 1. The van der Waals surface area contributed by atoms with Crippen LogP contribution in [0.2, 0.25) is 0 Å². The highest BCUT2D eigenvalue weighted by molar-refractivity contribution is 5.91. The van der Waals surface area contributed by atoms with E-state index in [9.17, 15) is 4.79 Å². The first-order valence-corrected chi connectivity index (χ1v) is 8.73. The van der Waals surface area contributed by atoms with E-state index in [0.717, 1.165) is 30.1 Å². The molecule has 2 N–H and O–H groups in total. The average molecular weight is 355 g/mol. The number of piperidine rings is 1. The smallest absolute Gasteiger partial charge is 0.224 e. The molecule has 2 unspecified atom stereocenters. The monoisotopic (exact) mass is 354 g/mol. The van der Waals surface area contributed by atoms with E-state index >= 15 is 0 Å². The summed E-state index contributed by atoms with van der Waals surface area (Å²) in [4.78, 5) is 12.3. The molecule has 4 nitrogen and oxygen atoms in total. The van der Waals surface area contributed by atoms with E-state index in [-0.39, 0.29) is 24.4 Å². The summed E-state index contributed by atoms with van der Waals surface area (Å²) >= 11 is 0. The zero-order valence-corrected chi connectivity index (χ0v) is 16.0. The Balaban J connectivity index is 0.00000288. The van der Waals surface area contributed by atoms with Gasteiger partial charge in [0.25, 0.3) is 0 Å². The van der Waals surface area contributed by atoms with Crippen molar-refractivity contribution in [2.75, 3.05) is 18.4 Å². The maximum atomic E-state index is 12.3. The van der Waals surface area contributed by atoms with Gasteiger partial charge in [-0.05, 0) is 82.3 Å². The fraction of sp³-hybridized carbons (Fsp3) is 0.632. The number of hydrogen-bond acceptors (Lipinski definition) is 3. The molecular weight excluding hydrogens is 324 g/mol. The number of carbonyl (C=O) groups is 1. The lowest BCUT2D eigenvalue weighted by Gasteiger charge is -2.28. The third-order valence-corrected chi connectivity index (χ3v) is 4.47. The van der Waals surface area contributed by atoms with Crippen LogP contribution in [0.5, 0.6) is 5.75 Å². The summed E-state index contributed by atoms with van der Waals surface area (Å²) in [6.45, 7) is 10.4. The lowest BCUT2D eigenvalue weighted by Crippen LogP contribution is -2.34. The minimum atomic E-state index is 0. The van der Waals surface area contributed by atoms with Crippen LogP contribution in [-0.2, 0) is 4.79 Å². The van der Waals surface area contributed by atoms with Crippen LogP contribution in [-0.4, -0.2) is 25.1 Å². The van der Waals surface area contributed by atoms with Crippen LogP contribution in [0.3, 0.4) is 0 Å². The van der Waals surface area contributed by atoms with E-state index in [0.29, 0.717) is 18.3 Å². The molecule has 1 heterocycles. The lowest BCUT2D eigenvalue weighted by molar-refractivity contribution is -0.117. The minimum Gasteiger partial charge on any atom is -0.491 e. The number of anilines is 1. The van der Waals surface area contributed by atoms with Crippen molar-refractivity contribution < 1.29 is 9.53 Å². The molecule has 0 aliphatic carbocycles. The molecule has 1 amide bonds. The van der Waals surface area contributed by atoms with Crippen LogP contribution in [0.25, 0.3) is 0 Å². The summed E-state index contributed by atoms with van der Waals surface area (Å²) in [5, 5.41) is 6.44. The van der Waals surface area contributed by atoms with E-state index in [4.69, 9.17) is 4.74 Å². The van der Waals surface area contributed by atoms with Gasteiger partial charge in [0.15, 0.2) is 0 Å². The van der Waals surface area contributed by atoms with Gasteiger partial charge in [-0.2, -0.15) is 0 Å². The van der Waals surface area contributed by atoms with Crippen molar-refractivity contribution in [2.24, 2.45) is 11.8 Å². The van der Waals surface area contributed by atoms with Crippen molar-refractivity contribution in [3.05, 3.63) is 23.8 Å². The molecule has 0 saturated carbocycles. The molecule has 2 rings (SSSR count). The molecule has 5 heteroatoms. The van der Waals surface area contributed by atoms with Crippen molar-refractivity contribution in [1.29, 1.82) is 0 Å². The Morgan fingerprint density at radius 3 is 2.71 bits per heavy atom. The first-order valence-electron chi connectivity index (χ1n) is 8.73. The molecule has 2 atom stereocenters. The zero-order chi connectivity index (χ0) is 16.8. The number of hydrogen-bond donors (Lipinski definition) is 2. The van der Waals surface area contributed by atoms with E-state index < -0.39 is 0 Å². The second kappa shape index (κ2) is 9.90. The molecule has 136 valence electrons. The SMILES string of the molecule is Cc1cc(NC(=O)CC(C)C2CCCNC2)ccc1OC(C)C.Cl. The number of aryl methyl sites for hydroxylation is 1. The third kappa shape index (κ3) is 6.33. The predicted octanol–water partition coefficient (Wildman–Crippen LogP) is 4.17. The number of rotatable bonds is 6. The molecule has 1 aromatic rings. The Morgan fingerprint density at radius 1 is 1.38 bits per heavy atom. The average Bonchev–Trinajstić information content (AvgIpc) is 2.50. The molecule has 1 fully saturated rings. The fourth-order valence-corrected chi connectivity index (χ4v) is 3.15. The topological polar surface area (TPSA) is 50.4 Å². The Labute approximate surface area is 152 Å². The van der Waals surface area contributed by atoms with Crippen molar-refractivity contribution in [3.8, 4) is 5.75 Å². The highest BCUT2D eigenvalue weighted by atomic mass is 35.5. The molecule has 1 aliphatic heterocycles. The standard InChI is InChI=1S/C19H30N2O2.ClH/c1-13(2)23-18-8-7-17(10-15(18)4)21-19(22)11-14(3)16-6-5-9-20-12-16;/h7-8,10,13-14,16,20H,5-6,9,11-12H2,1-4H3,(H,21,22);1H. The van der Waals surface area contributed by atoms with E-state index in [2.05, 4.69) is 17.6 Å². The summed E-state index contributed by atoms with van der Waals surface area (Å²) in [6.07, 6.45) is 3.17. The highest BCUT2D eigenvalue weighted by Gasteiger charge is 2.22. The summed E-state index contributed by atoms with van der Waals surface area (Å²) in [5.41, 5.74) is 1.89. The Hall–Kier alpha value is -1.26. The first-order chi connectivity index (χ1) is 11.0. The first kappa shape index (κ1) is 20.8. The Bertz CT molecular complexity index is 528. The molecule has 0 spiro atoms. The van der Waals surface area contributed by atoms with Gasteiger partial charge in [0, 0.05) is 12.1 Å². The summed E-state index contributed by atoms with van der Waals surface area (Å²) in [6, 6.07) is 5.82. The molecule has 0 aromatic heterocycles. The van der Waals surface area contributed by atoms with Gasteiger partial charge in [0.05, 0.1) is 6.10 Å². The molecule has 0 radical (unpaired) electrons. The number of amides is 1. The molecule has 1 aromatic carbocycles. The van der Waals surface area contributed by atoms with E-state index in [1.807, 2.05) is 39.0 Å².